The summed E-state index contributed by atoms with van der Waals surface area (Å²) in [4.78, 5) is 16.8. The van der Waals surface area contributed by atoms with Crippen molar-refractivity contribution in [1.29, 1.82) is 5.26 Å². The number of rotatable bonds is 3. The molecule has 1 heterocycles. The monoisotopic (exact) mass is 368 g/mol. The number of likely N-dealkylation sites (N-methyl/N-ethyl adjacent to an activating group) is 1. The van der Waals surface area contributed by atoms with E-state index in [2.05, 4.69) is 28.2 Å². The van der Waals surface area contributed by atoms with E-state index in [1.807, 2.05) is 26.0 Å². The Kier molecular flexibility index (Phi) is 7.33. The Labute approximate surface area is 160 Å². The van der Waals surface area contributed by atoms with Crippen LogP contribution in [-0.4, -0.2) is 44.0 Å². The van der Waals surface area contributed by atoms with Crippen LogP contribution in [0, 0.1) is 17.1 Å². The highest BCUT2D eigenvalue weighted by molar-refractivity contribution is 6.05. The van der Waals surface area contributed by atoms with Gasteiger partial charge < -0.3 is 15.1 Å². The summed E-state index contributed by atoms with van der Waals surface area (Å²) in [6, 6.07) is 13.0. The highest BCUT2D eigenvalue weighted by atomic mass is 19.1. The highest BCUT2D eigenvalue weighted by Crippen LogP contribution is 2.28. The molecule has 0 atom stereocenters. The van der Waals surface area contributed by atoms with Gasteiger partial charge in [0.2, 0.25) is 0 Å². The van der Waals surface area contributed by atoms with Crippen LogP contribution in [0.4, 0.5) is 15.8 Å². The van der Waals surface area contributed by atoms with E-state index in [1.165, 1.54) is 24.3 Å². The van der Waals surface area contributed by atoms with Crippen LogP contribution in [-0.2, 0) is 0 Å². The second-order valence-electron chi connectivity index (χ2n) is 6.06. The van der Waals surface area contributed by atoms with Crippen molar-refractivity contribution in [3.05, 3.63) is 59.4 Å². The van der Waals surface area contributed by atoms with E-state index in [1.54, 1.807) is 6.07 Å². The molecule has 1 fully saturated rings. The number of nitriles is 1. The van der Waals surface area contributed by atoms with E-state index in [0.717, 1.165) is 31.9 Å². The van der Waals surface area contributed by atoms with Crippen molar-refractivity contribution in [2.24, 2.45) is 0 Å². The number of amides is 1. The molecule has 0 aliphatic carbocycles. The molecule has 27 heavy (non-hydrogen) atoms. The first-order valence-electron chi connectivity index (χ1n) is 9.12. The highest BCUT2D eigenvalue weighted by Gasteiger charge is 2.19. The van der Waals surface area contributed by atoms with Crippen LogP contribution < -0.4 is 10.2 Å². The second kappa shape index (κ2) is 9.70. The quantitative estimate of drug-likeness (QED) is 0.897. The van der Waals surface area contributed by atoms with Gasteiger partial charge in [-0.15, -0.1) is 0 Å². The molecule has 142 valence electrons. The molecule has 0 bridgehead atoms. The van der Waals surface area contributed by atoms with Gasteiger partial charge in [0, 0.05) is 31.7 Å². The van der Waals surface area contributed by atoms with Crippen LogP contribution >= 0.6 is 0 Å². The lowest BCUT2D eigenvalue weighted by Crippen LogP contribution is -2.44. The van der Waals surface area contributed by atoms with Crippen LogP contribution in [0.15, 0.2) is 42.5 Å². The third kappa shape index (κ3) is 5.05. The number of carbonyl (C=O) groups is 1. The molecule has 3 rings (SSSR count). The lowest BCUT2D eigenvalue weighted by Gasteiger charge is -2.34. The van der Waals surface area contributed by atoms with Crippen molar-refractivity contribution in [2.45, 2.75) is 13.8 Å². The lowest BCUT2D eigenvalue weighted by atomic mass is 10.1. The summed E-state index contributed by atoms with van der Waals surface area (Å²) in [6.45, 7) is 7.52. The van der Waals surface area contributed by atoms with E-state index < -0.39 is 5.82 Å². The molecule has 2 aromatic rings. The summed E-state index contributed by atoms with van der Waals surface area (Å²) in [5.41, 5.74) is 2.08. The Morgan fingerprint density at radius 1 is 1.07 bits per heavy atom. The number of halogens is 1. The van der Waals surface area contributed by atoms with Gasteiger partial charge in [-0.3, -0.25) is 4.79 Å². The normalized spacial score (nSPS) is 14.0. The van der Waals surface area contributed by atoms with E-state index in [0.29, 0.717) is 16.8 Å². The van der Waals surface area contributed by atoms with E-state index in [4.69, 9.17) is 0 Å². The van der Waals surface area contributed by atoms with Gasteiger partial charge >= 0.3 is 0 Å². The molecule has 5 nitrogen and oxygen atoms in total. The van der Waals surface area contributed by atoms with Crippen LogP contribution in [0.1, 0.15) is 29.8 Å². The first-order chi connectivity index (χ1) is 13.1. The number of carbonyl (C=O) groups excluding carboxylic acids is 1. The van der Waals surface area contributed by atoms with Gasteiger partial charge in [-0.25, -0.2) is 4.39 Å². The predicted molar refractivity (Wildman–Crippen MR) is 107 cm³/mol. The average molecular weight is 368 g/mol. The Morgan fingerprint density at radius 3 is 2.30 bits per heavy atom. The van der Waals surface area contributed by atoms with Crippen molar-refractivity contribution in [2.75, 3.05) is 43.4 Å². The van der Waals surface area contributed by atoms with Crippen molar-refractivity contribution < 1.29 is 9.18 Å². The van der Waals surface area contributed by atoms with Gasteiger partial charge in [0.1, 0.15) is 11.9 Å². The predicted octanol–water partition coefficient (Wildman–Crippen LogP) is 3.73. The van der Waals surface area contributed by atoms with Gasteiger partial charge in [-0.05, 0) is 43.4 Å². The number of piperazine rings is 1. The fourth-order valence-electron chi connectivity index (χ4n) is 2.87. The largest absolute Gasteiger partial charge is 0.368 e. The van der Waals surface area contributed by atoms with Gasteiger partial charge in [0.25, 0.3) is 5.91 Å². The number of hydrogen-bond acceptors (Lipinski definition) is 4. The third-order valence-electron chi connectivity index (χ3n) is 4.35. The molecule has 1 aliphatic rings. The molecule has 0 spiro atoms. The summed E-state index contributed by atoms with van der Waals surface area (Å²) in [6.07, 6.45) is 0. The van der Waals surface area contributed by atoms with E-state index >= 15 is 0 Å². The maximum atomic E-state index is 13.0. The lowest BCUT2D eigenvalue weighted by molar-refractivity contribution is 0.102. The number of nitrogens with one attached hydrogen (secondary N) is 1. The van der Waals surface area contributed by atoms with Crippen LogP contribution in [0.3, 0.4) is 0 Å². The van der Waals surface area contributed by atoms with Gasteiger partial charge in [0.05, 0.1) is 16.9 Å². The molecule has 6 heteroatoms. The summed E-state index contributed by atoms with van der Waals surface area (Å²) in [7, 11) is 2.07. The molecule has 0 saturated carbocycles. The Bertz CT molecular complexity index is 806. The zero-order valence-electron chi connectivity index (χ0n) is 16.0. The number of anilines is 2. The van der Waals surface area contributed by atoms with E-state index in [9.17, 15) is 14.4 Å². The fourth-order valence-corrected chi connectivity index (χ4v) is 2.87. The number of nitrogens with zero attached hydrogens (tertiary/aromatic N) is 3. The molecule has 1 N–H and O–H groups in total. The molecule has 1 aliphatic heterocycles. The summed E-state index contributed by atoms with van der Waals surface area (Å²) in [5.74, 6) is -0.765. The molecule has 1 saturated heterocycles. The maximum Gasteiger partial charge on any atom is 0.255 e. The number of benzene rings is 2. The zero-order chi connectivity index (χ0) is 19.8. The Morgan fingerprint density at radius 2 is 1.70 bits per heavy atom. The molecule has 0 aromatic heterocycles. The molecular weight excluding hydrogens is 343 g/mol. The fraction of sp³-hybridized carbons (Fsp3) is 0.333. The van der Waals surface area contributed by atoms with Crippen molar-refractivity contribution in [3.63, 3.8) is 0 Å². The minimum atomic E-state index is -0.397. The molecular formula is C21H25FN4O. The van der Waals surface area contributed by atoms with Crippen LogP contribution in [0.25, 0.3) is 0 Å². The number of hydrogen-bond donors (Lipinski definition) is 1. The third-order valence-corrected chi connectivity index (χ3v) is 4.35. The Balaban J connectivity index is 0.00000126. The van der Waals surface area contributed by atoms with Crippen molar-refractivity contribution in [1.82, 2.24) is 4.90 Å². The summed E-state index contributed by atoms with van der Waals surface area (Å²) in [5, 5.41) is 12.4. The second-order valence-corrected chi connectivity index (χ2v) is 6.06. The summed E-state index contributed by atoms with van der Waals surface area (Å²) >= 11 is 0. The average Bonchev–Trinajstić information content (AvgIpc) is 2.70. The molecule has 1 amide bonds. The van der Waals surface area contributed by atoms with Gasteiger partial charge in [0.15, 0.2) is 0 Å². The standard InChI is InChI=1S/C19H19FN4O.C2H6/c1-23-9-11-24(12-10-23)18-4-2-3-17(16(18)13-21)22-19(25)14-5-7-15(20)8-6-14;1-2/h2-8H,9-12H2,1H3,(H,22,25);1-2H3. The SMILES string of the molecule is CC.CN1CCN(c2cccc(NC(=O)c3ccc(F)cc3)c2C#N)CC1. The van der Waals surface area contributed by atoms with Crippen molar-refractivity contribution in [3.8, 4) is 6.07 Å². The van der Waals surface area contributed by atoms with Crippen molar-refractivity contribution >= 4 is 17.3 Å². The minimum Gasteiger partial charge on any atom is -0.368 e. The minimum absolute atomic E-state index is 0.343. The van der Waals surface area contributed by atoms with Gasteiger partial charge in [-0.1, -0.05) is 19.9 Å². The Hall–Kier alpha value is -2.91. The van der Waals surface area contributed by atoms with Gasteiger partial charge in [-0.2, -0.15) is 5.26 Å². The molecule has 0 radical (unpaired) electrons. The first-order valence-corrected chi connectivity index (χ1v) is 9.12. The smallest absolute Gasteiger partial charge is 0.255 e. The van der Waals surface area contributed by atoms with Crippen LogP contribution in [0.2, 0.25) is 0 Å². The summed E-state index contributed by atoms with van der Waals surface area (Å²) < 4.78 is 13.0. The first kappa shape index (κ1) is 20.4. The zero-order valence-corrected chi connectivity index (χ0v) is 16.0. The van der Waals surface area contributed by atoms with Crippen LogP contribution in [0.5, 0.6) is 0 Å². The van der Waals surface area contributed by atoms with E-state index in [-0.39, 0.29) is 5.91 Å². The molecule has 2 aromatic carbocycles. The topological polar surface area (TPSA) is 59.4 Å². The maximum absolute atomic E-state index is 13.0. The molecule has 0 unspecified atom stereocenters.